The van der Waals surface area contributed by atoms with Crippen molar-refractivity contribution >= 4 is 6.16 Å². The molecule has 1 aliphatic heterocycles. The molecule has 0 saturated carbocycles. The molecule has 1 aromatic carbocycles. The number of pyridine rings is 1. The minimum Gasteiger partial charge on any atom is -0.434 e. The van der Waals surface area contributed by atoms with Crippen molar-refractivity contribution in [1.82, 2.24) is 9.55 Å². The van der Waals surface area contributed by atoms with Gasteiger partial charge in [-0.05, 0) is 49.6 Å². The highest BCUT2D eigenvalue weighted by molar-refractivity contribution is 5.87. The Kier molecular flexibility index (Phi) is 4.62. The Hall–Kier alpha value is -3.15. The molecule has 0 amide bonds. The van der Waals surface area contributed by atoms with Crippen LogP contribution >= 0.6 is 0 Å². The second-order valence-corrected chi connectivity index (χ2v) is 6.28. The van der Waals surface area contributed by atoms with Crippen LogP contribution in [-0.4, -0.2) is 22.3 Å². The summed E-state index contributed by atoms with van der Waals surface area (Å²) >= 11 is 0. The van der Waals surface area contributed by atoms with Crippen molar-refractivity contribution in [3.8, 4) is 28.1 Å². The van der Waals surface area contributed by atoms with Crippen LogP contribution in [0.2, 0.25) is 0 Å². The van der Waals surface area contributed by atoms with E-state index in [0.29, 0.717) is 5.75 Å². The highest BCUT2D eigenvalue weighted by Crippen LogP contribution is 2.46. The van der Waals surface area contributed by atoms with E-state index in [4.69, 9.17) is 9.47 Å². The second kappa shape index (κ2) is 7.23. The summed E-state index contributed by atoms with van der Waals surface area (Å²) in [6.07, 6.45) is 4.52. The van der Waals surface area contributed by atoms with Gasteiger partial charge in [-0.2, -0.15) is 0 Å². The molecule has 2 aromatic heterocycles. The Morgan fingerprint density at radius 3 is 2.59 bits per heavy atom. The molecular weight excluding hydrogens is 347 g/mol. The standard InChI is InChI=1S/C21H19FN2O3/c1-2-26-21(25)27-20-18(14-5-7-16(22)8-6-14)17-4-3-13-24(17)19(20)15-9-11-23-12-10-15/h5-12H,2-4,13H2,1H3. The van der Waals surface area contributed by atoms with Crippen LogP contribution in [0.5, 0.6) is 5.75 Å². The van der Waals surface area contributed by atoms with Crippen LogP contribution in [0.25, 0.3) is 22.4 Å². The molecule has 6 heteroatoms. The topological polar surface area (TPSA) is 53.4 Å². The summed E-state index contributed by atoms with van der Waals surface area (Å²) in [5.41, 5.74) is 4.42. The summed E-state index contributed by atoms with van der Waals surface area (Å²) in [6, 6.07) is 10.0. The van der Waals surface area contributed by atoms with Crippen LogP contribution in [0, 0.1) is 5.82 Å². The summed E-state index contributed by atoms with van der Waals surface area (Å²) in [5.74, 6) is 0.137. The maximum absolute atomic E-state index is 13.4. The molecule has 0 fully saturated rings. The van der Waals surface area contributed by atoms with Crippen LogP contribution in [0.4, 0.5) is 9.18 Å². The van der Waals surface area contributed by atoms with Gasteiger partial charge in [-0.25, -0.2) is 9.18 Å². The third-order valence-corrected chi connectivity index (χ3v) is 4.66. The van der Waals surface area contributed by atoms with Gasteiger partial charge in [0.15, 0.2) is 5.75 Å². The molecule has 0 atom stereocenters. The Bertz CT molecular complexity index is 965. The van der Waals surface area contributed by atoms with E-state index in [1.54, 1.807) is 31.5 Å². The average Bonchev–Trinajstić information content (AvgIpc) is 3.24. The maximum atomic E-state index is 13.4. The lowest BCUT2D eigenvalue weighted by molar-refractivity contribution is 0.104. The van der Waals surface area contributed by atoms with Gasteiger partial charge in [0.25, 0.3) is 0 Å². The quantitative estimate of drug-likeness (QED) is 0.620. The van der Waals surface area contributed by atoms with E-state index in [-0.39, 0.29) is 12.4 Å². The first kappa shape index (κ1) is 17.3. The van der Waals surface area contributed by atoms with Crippen molar-refractivity contribution in [1.29, 1.82) is 0 Å². The first-order valence-corrected chi connectivity index (χ1v) is 8.95. The summed E-state index contributed by atoms with van der Waals surface area (Å²) in [7, 11) is 0. The summed E-state index contributed by atoms with van der Waals surface area (Å²) < 4.78 is 26.3. The zero-order chi connectivity index (χ0) is 18.8. The molecule has 5 nitrogen and oxygen atoms in total. The van der Waals surface area contributed by atoms with Gasteiger partial charge in [-0.15, -0.1) is 0 Å². The monoisotopic (exact) mass is 366 g/mol. The van der Waals surface area contributed by atoms with Crippen molar-refractivity contribution in [2.75, 3.05) is 6.61 Å². The first-order chi connectivity index (χ1) is 13.2. The fourth-order valence-electron chi connectivity index (χ4n) is 3.59. The molecule has 0 spiro atoms. The molecule has 3 heterocycles. The molecule has 0 aliphatic carbocycles. The number of fused-ring (bicyclic) bond motifs is 1. The third kappa shape index (κ3) is 3.18. The highest BCUT2D eigenvalue weighted by atomic mass is 19.1. The van der Waals surface area contributed by atoms with Crippen molar-refractivity contribution in [2.24, 2.45) is 0 Å². The normalized spacial score (nSPS) is 12.7. The SMILES string of the molecule is CCOC(=O)Oc1c(-c2ccc(F)cc2)c2n(c1-c1ccncc1)CCC2. The zero-order valence-corrected chi connectivity index (χ0v) is 14.9. The number of rotatable bonds is 4. The lowest BCUT2D eigenvalue weighted by atomic mass is 10.0. The predicted octanol–water partition coefficient (Wildman–Crippen LogP) is 4.84. The predicted molar refractivity (Wildman–Crippen MR) is 99.0 cm³/mol. The van der Waals surface area contributed by atoms with Crippen LogP contribution in [0.1, 0.15) is 19.0 Å². The van der Waals surface area contributed by atoms with E-state index < -0.39 is 6.16 Å². The first-order valence-electron chi connectivity index (χ1n) is 8.95. The highest BCUT2D eigenvalue weighted by Gasteiger charge is 2.30. The van der Waals surface area contributed by atoms with Gasteiger partial charge in [-0.3, -0.25) is 4.98 Å². The van der Waals surface area contributed by atoms with Gasteiger partial charge < -0.3 is 14.0 Å². The number of carbonyl (C=O) groups excluding carboxylic acids is 1. The van der Waals surface area contributed by atoms with Crippen molar-refractivity contribution in [3.05, 3.63) is 60.3 Å². The van der Waals surface area contributed by atoms with E-state index in [9.17, 15) is 9.18 Å². The molecule has 138 valence electrons. The summed E-state index contributed by atoms with van der Waals surface area (Å²) in [4.78, 5) is 16.2. The van der Waals surface area contributed by atoms with Crippen LogP contribution in [0.15, 0.2) is 48.8 Å². The molecule has 4 rings (SSSR count). The zero-order valence-electron chi connectivity index (χ0n) is 14.9. The molecule has 3 aromatic rings. The molecular formula is C21H19FN2O3. The van der Waals surface area contributed by atoms with Crippen molar-refractivity contribution in [2.45, 2.75) is 26.3 Å². The van der Waals surface area contributed by atoms with Gasteiger partial charge in [0.05, 0.1) is 12.3 Å². The molecule has 0 radical (unpaired) electrons. The van der Waals surface area contributed by atoms with Gasteiger partial charge in [0.2, 0.25) is 0 Å². The van der Waals surface area contributed by atoms with Crippen molar-refractivity contribution in [3.63, 3.8) is 0 Å². The summed E-state index contributed by atoms with van der Waals surface area (Å²) in [6.45, 7) is 2.78. The largest absolute Gasteiger partial charge is 0.513 e. The van der Waals surface area contributed by atoms with Gasteiger partial charge in [0, 0.05) is 35.8 Å². The Labute approximate surface area is 156 Å². The lowest BCUT2D eigenvalue weighted by Gasteiger charge is -2.11. The number of hydrogen-bond donors (Lipinski definition) is 0. The number of carbonyl (C=O) groups is 1. The fourth-order valence-corrected chi connectivity index (χ4v) is 3.59. The van der Waals surface area contributed by atoms with Crippen LogP contribution < -0.4 is 4.74 Å². The minimum absolute atomic E-state index is 0.225. The molecule has 27 heavy (non-hydrogen) atoms. The second-order valence-electron chi connectivity index (χ2n) is 6.28. The van der Waals surface area contributed by atoms with E-state index in [1.165, 1.54) is 12.1 Å². The smallest absolute Gasteiger partial charge is 0.434 e. The van der Waals surface area contributed by atoms with Crippen molar-refractivity contribution < 1.29 is 18.7 Å². The van der Waals surface area contributed by atoms with Gasteiger partial charge in [-0.1, -0.05) is 12.1 Å². The summed E-state index contributed by atoms with van der Waals surface area (Å²) in [5, 5.41) is 0. The number of ether oxygens (including phenoxy) is 2. The van der Waals surface area contributed by atoms with Gasteiger partial charge >= 0.3 is 6.16 Å². The minimum atomic E-state index is -0.750. The van der Waals surface area contributed by atoms with Crippen LogP contribution in [0.3, 0.4) is 0 Å². The Morgan fingerprint density at radius 2 is 1.89 bits per heavy atom. The number of benzene rings is 1. The van der Waals surface area contributed by atoms with Gasteiger partial charge in [0.1, 0.15) is 5.82 Å². The molecule has 1 aliphatic rings. The average molecular weight is 366 g/mol. The van der Waals surface area contributed by atoms with E-state index in [0.717, 1.165) is 47.5 Å². The number of halogens is 1. The number of aromatic nitrogens is 2. The fraction of sp³-hybridized carbons (Fsp3) is 0.238. The van der Waals surface area contributed by atoms with E-state index in [2.05, 4.69) is 9.55 Å². The number of nitrogens with zero attached hydrogens (tertiary/aromatic N) is 2. The molecule has 0 unspecified atom stereocenters. The van der Waals surface area contributed by atoms with E-state index in [1.807, 2.05) is 12.1 Å². The molecule has 0 saturated heterocycles. The molecule has 0 N–H and O–H groups in total. The Morgan fingerprint density at radius 1 is 1.15 bits per heavy atom. The Balaban J connectivity index is 1.94. The number of hydrogen-bond acceptors (Lipinski definition) is 4. The lowest BCUT2D eigenvalue weighted by Crippen LogP contribution is -2.11. The van der Waals surface area contributed by atoms with E-state index >= 15 is 0 Å². The third-order valence-electron chi connectivity index (χ3n) is 4.66. The maximum Gasteiger partial charge on any atom is 0.513 e. The van der Waals surface area contributed by atoms with Crippen LogP contribution in [-0.2, 0) is 17.7 Å². The molecule has 0 bridgehead atoms.